The zero-order chi connectivity index (χ0) is 16.5. The van der Waals surface area contributed by atoms with Crippen LogP contribution in [-0.4, -0.2) is 37.5 Å². The van der Waals surface area contributed by atoms with Gasteiger partial charge in [-0.05, 0) is 24.1 Å². The van der Waals surface area contributed by atoms with Crippen LogP contribution in [0.4, 0.5) is 0 Å². The van der Waals surface area contributed by atoms with Gasteiger partial charge in [-0.3, -0.25) is 4.79 Å². The lowest BCUT2D eigenvalue weighted by Gasteiger charge is -2.32. The molecule has 1 aliphatic rings. The lowest BCUT2D eigenvalue weighted by Crippen LogP contribution is -2.37. The molecule has 0 spiro atoms. The SMILES string of the molecule is O=C1CCC(n2nnc3ccccc32)N1[C@H](CO)c1ccccc1. The number of carbonyl (C=O) groups is 1. The summed E-state index contributed by atoms with van der Waals surface area (Å²) >= 11 is 0. The summed E-state index contributed by atoms with van der Waals surface area (Å²) in [6.45, 7) is -0.126. The summed E-state index contributed by atoms with van der Waals surface area (Å²) in [6.07, 6.45) is 0.875. The summed E-state index contributed by atoms with van der Waals surface area (Å²) in [5.41, 5.74) is 2.62. The number of aliphatic hydroxyl groups is 1. The van der Waals surface area contributed by atoms with E-state index in [2.05, 4.69) is 10.3 Å². The summed E-state index contributed by atoms with van der Waals surface area (Å²) in [5.74, 6) is 0.0301. The van der Waals surface area contributed by atoms with Gasteiger partial charge in [0.25, 0.3) is 0 Å². The molecule has 0 radical (unpaired) electrons. The van der Waals surface area contributed by atoms with Gasteiger partial charge in [-0.15, -0.1) is 5.10 Å². The van der Waals surface area contributed by atoms with Crippen LogP contribution in [0.2, 0.25) is 0 Å². The van der Waals surface area contributed by atoms with Crippen LogP contribution in [0, 0.1) is 0 Å². The van der Waals surface area contributed by atoms with Crippen molar-refractivity contribution < 1.29 is 9.90 Å². The molecule has 2 aromatic carbocycles. The first kappa shape index (κ1) is 14.8. The minimum atomic E-state index is -0.380. The van der Waals surface area contributed by atoms with Gasteiger partial charge in [0.1, 0.15) is 11.7 Å². The zero-order valence-electron chi connectivity index (χ0n) is 13.1. The van der Waals surface area contributed by atoms with E-state index >= 15 is 0 Å². The van der Waals surface area contributed by atoms with Gasteiger partial charge in [0.15, 0.2) is 0 Å². The maximum Gasteiger partial charge on any atom is 0.225 e. The number of para-hydroxylation sites is 1. The minimum absolute atomic E-state index is 0.0301. The average Bonchev–Trinajstić information content (AvgIpc) is 3.21. The fourth-order valence-corrected chi connectivity index (χ4v) is 3.44. The minimum Gasteiger partial charge on any atom is -0.394 e. The summed E-state index contributed by atoms with van der Waals surface area (Å²) in [5, 5.41) is 18.4. The van der Waals surface area contributed by atoms with Crippen LogP contribution >= 0.6 is 0 Å². The maximum absolute atomic E-state index is 12.5. The Bertz CT molecular complexity index is 862. The van der Waals surface area contributed by atoms with Gasteiger partial charge in [-0.25, -0.2) is 4.68 Å². The molecule has 1 N–H and O–H groups in total. The Morgan fingerprint density at radius 1 is 1.12 bits per heavy atom. The fraction of sp³-hybridized carbons (Fsp3) is 0.278. The Labute approximate surface area is 139 Å². The van der Waals surface area contributed by atoms with Crippen LogP contribution in [0.3, 0.4) is 0 Å². The lowest BCUT2D eigenvalue weighted by molar-refractivity contribution is -0.134. The van der Waals surface area contributed by atoms with Crippen molar-refractivity contribution in [1.82, 2.24) is 19.9 Å². The Morgan fingerprint density at radius 3 is 2.67 bits per heavy atom. The van der Waals surface area contributed by atoms with Crippen LogP contribution in [0.25, 0.3) is 11.0 Å². The van der Waals surface area contributed by atoms with Crippen molar-refractivity contribution in [2.45, 2.75) is 25.0 Å². The van der Waals surface area contributed by atoms with Gasteiger partial charge in [0, 0.05) is 6.42 Å². The molecule has 122 valence electrons. The molecule has 2 heterocycles. The van der Waals surface area contributed by atoms with Crippen molar-refractivity contribution in [3.05, 3.63) is 60.2 Å². The topological polar surface area (TPSA) is 71.2 Å². The van der Waals surface area contributed by atoms with E-state index in [1.165, 1.54) is 0 Å². The standard InChI is InChI=1S/C18H18N4O2/c23-12-16(13-6-2-1-3-7-13)21-17(10-11-18(21)24)22-15-9-5-4-8-14(15)19-20-22/h1-9,16-17,23H,10-12H2/t16-,17?/m1/s1. The molecule has 24 heavy (non-hydrogen) atoms. The number of carbonyl (C=O) groups excluding carboxylic acids is 1. The number of amides is 1. The molecule has 1 fully saturated rings. The second-order valence-corrected chi connectivity index (χ2v) is 5.95. The van der Waals surface area contributed by atoms with E-state index in [-0.39, 0.29) is 24.7 Å². The Morgan fingerprint density at radius 2 is 1.88 bits per heavy atom. The van der Waals surface area contributed by atoms with Crippen LogP contribution in [0.5, 0.6) is 0 Å². The van der Waals surface area contributed by atoms with E-state index in [1.807, 2.05) is 54.6 Å². The molecule has 3 aromatic rings. The third-order valence-corrected chi connectivity index (χ3v) is 4.58. The van der Waals surface area contributed by atoms with Gasteiger partial charge in [-0.1, -0.05) is 47.7 Å². The molecule has 1 amide bonds. The molecule has 0 bridgehead atoms. The van der Waals surface area contributed by atoms with Crippen LogP contribution in [-0.2, 0) is 4.79 Å². The second-order valence-electron chi connectivity index (χ2n) is 5.95. The van der Waals surface area contributed by atoms with Crippen LogP contribution in [0.15, 0.2) is 54.6 Å². The zero-order valence-corrected chi connectivity index (χ0v) is 13.1. The number of hydrogen-bond donors (Lipinski definition) is 1. The lowest BCUT2D eigenvalue weighted by atomic mass is 10.1. The summed E-state index contributed by atoms with van der Waals surface area (Å²) in [7, 11) is 0. The van der Waals surface area contributed by atoms with Crippen molar-refractivity contribution in [3.63, 3.8) is 0 Å². The van der Waals surface area contributed by atoms with Gasteiger partial charge in [0.05, 0.1) is 18.2 Å². The third-order valence-electron chi connectivity index (χ3n) is 4.58. The second kappa shape index (κ2) is 6.05. The smallest absolute Gasteiger partial charge is 0.225 e. The molecule has 6 heteroatoms. The number of aliphatic hydroxyl groups excluding tert-OH is 1. The summed E-state index contributed by atoms with van der Waals surface area (Å²) in [4.78, 5) is 14.3. The Hall–Kier alpha value is -2.73. The fourth-order valence-electron chi connectivity index (χ4n) is 3.44. The first-order valence-corrected chi connectivity index (χ1v) is 8.06. The van der Waals surface area contributed by atoms with E-state index in [0.717, 1.165) is 16.6 Å². The van der Waals surface area contributed by atoms with Crippen molar-refractivity contribution in [2.24, 2.45) is 0 Å². The molecule has 1 saturated heterocycles. The van der Waals surface area contributed by atoms with Gasteiger partial charge in [0.2, 0.25) is 5.91 Å². The number of aromatic nitrogens is 3. The predicted octanol–water partition coefficient (Wildman–Crippen LogP) is 2.29. The van der Waals surface area contributed by atoms with Gasteiger partial charge < -0.3 is 10.0 Å². The molecule has 1 unspecified atom stereocenters. The highest BCUT2D eigenvalue weighted by Crippen LogP contribution is 2.37. The van der Waals surface area contributed by atoms with Gasteiger partial charge in [-0.2, -0.15) is 0 Å². The number of likely N-dealkylation sites (tertiary alicyclic amines) is 1. The van der Waals surface area contributed by atoms with E-state index < -0.39 is 0 Å². The summed E-state index contributed by atoms with van der Waals surface area (Å²) < 4.78 is 1.80. The number of hydrogen-bond acceptors (Lipinski definition) is 4. The number of fused-ring (bicyclic) bond motifs is 1. The van der Waals surface area contributed by atoms with Crippen molar-refractivity contribution >= 4 is 16.9 Å². The number of nitrogens with zero attached hydrogens (tertiary/aromatic N) is 4. The Balaban J connectivity index is 1.76. The largest absolute Gasteiger partial charge is 0.394 e. The molecule has 0 saturated carbocycles. The highest BCUT2D eigenvalue weighted by atomic mass is 16.3. The van der Waals surface area contributed by atoms with E-state index in [0.29, 0.717) is 12.8 Å². The normalized spacial score (nSPS) is 19.1. The van der Waals surface area contributed by atoms with E-state index in [4.69, 9.17) is 0 Å². The highest BCUT2D eigenvalue weighted by molar-refractivity contribution is 5.80. The van der Waals surface area contributed by atoms with Crippen LogP contribution < -0.4 is 0 Å². The van der Waals surface area contributed by atoms with Crippen molar-refractivity contribution in [3.8, 4) is 0 Å². The first-order valence-electron chi connectivity index (χ1n) is 8.06. The molecule has 0 aliphatic carbocycles. The monoisotopic (exact) mass is 322 g/mol. The Kier molecular flexibility index (Phi) is 3.74. The average molecular weight is 322 g/mol. The molecule has 1 aromatic heterocycles. The first-order chi connectivity index (χ1) is 11.8. The van der Waals surface area contributed by atoms with Crippen molar-refractivity contribution in [1.29, 1.82) is 0 Å². The van der Waals surface area contributed by atoms with Crippen LogP contribution in [0.1, 0.15) is 30.6 Å². The van der Waals surface area contributed by atoms with E-state index in [9.17, 15) is 9.90 Å². The van der Waals surface area contributed by atoms with Crippen molar-refractivity contribution in [2.75, 3.05) is 6.61 Å². The molecule has 4 rings (SSSR count). The predicted molar refractivity (Wildman–Crippen MR) is 88.9 cm³/mol. The van der Waals surface area contributed by atoms with Gasteiger partial charge >= 0.3 is 0 Å². The molecule has 2 atom stereocenters. The maximum atomic E-state index is 12.5. The third kappa shape index (κ3) is 2.35. The number of rotatable bonds is 4. The molecular formula is C18H18N4O2. The summed E-state index contributed by atoms with van der Waals surface area (Å²) in [6, 6.07) is 16.9. The molecular weight excluding hydrogens is 304 g/mol. The highest BCUT2D eigenvalue weighted by Gasteiger charge is 2.38. The number of benzene rings is 2. The molecule has 6 nitrogen and oxygen atoms in total. The van der Waals surface area contributed by atoms with E-state index in [1.54, 1.807) is 9.58 Å². The quantitative estimate of drug-likeness (QED) is 0.800. The molecule has 1 aliphatic heterocycles.